The first-order chi connectivity index (χ1) is 17.6. The molecule has 0 unspecified atom stereocenters. The number of hydrogen-bond donors (Lipinski definition) is 1. The third kappa shape index (κ3) is 4.51. The van der Waals surface area contributed by atoms with Crippen molar-refractivity contribution in [3.05, 3.63) is 108 Å². The lowest BCUT2D eigenvalue weighted by molar-refractivity contribution is -0.141. The van der Waals surface area contributed by atoms with Crippen LogP contribution in [0.15, 0.2) is 79.3 Å². The molecule has 0 fully saturated rings. The average Bonchev–Trinajstić information content (AvgIpc) is 3.30. The van der Waals surface area contributed by atoms with E-state index in [1.807, 2.05) is 0 Å². The molecule has 5 rings (SSSR count). The van der Waals surface area contributed by atoms with E-state index in [2.05, 4.69) is 15.3 Å². The van der Waals surface area contributed by atoms with Gasteiger partial charge in [-0.3, -0.25) is 14.2 Å². The van der Waals surface area contributed by atoms with Gasteiger partial charge in [0.25, 0.3) is 5.91 Å². The lowest BCUT2D eigenvalue weighted by Gasteiger charge is -2.14. The number of aromatic nitrogens is 3. The molecule has 37 heavy (non-hydrogen) atoms. The molecule has 1 N–H and O–H groups in total. The first-order valence-electron chi connectivity index (χ1n) is 10.7. The fraction of sp³-hybridized carbons (Fsp3) is 0.0385. The lowest BCUT2D eigenvalue weighted by atomic mass is 10.0. The smallest absolute Gasteiger partial charge is 0.322 e. The molecule has 0 aliphatic rings. The van der Waals surface area contributed by atoms with Gasteiger partial charge in [-0.1, -0.05) is 6.07 Å². The summed E-state index contributed by atoms with van der Waals surface area (Å²) < 4.78 is 83.8. The van der Waals surface area contributed by atoms with Crippen molar-refractivity contribution in [2.24, 2.45) is 0 Å². The molecule has 5 nitrogen and oxygen atoms in total. The highest BCUT2D eigenvalue weighted by Gasteiger charge is 2.37. The van der Waals surface area contributed by atoms with Crippen LogP contribution in [0.25, 0.3) is 28.0 Å². The van der Waals surface area contributed by atoms with E-state index in [9.17, 15) is 31.1 Å². The number of imidazole rings is 1. The lowest BCUT2D eigenvalue weighted by Crippen LogP contribution is -2.20. The van der Waals surface area contributed by atoms with Gasteiger partial charge >= 0.3 is 6.18 Å². The molecule has 3 aromatic heterocycles. The van der Waals surface area contributed by atoms with Crippen LogP contribution in [-0.4, -0.2) is 20.3 Å². The van der Waals surface area contributed by atoms with Crippen molar-refractivity contribution in [1.82, 2.24) is 14.4 Å². The van der Waals surface area contributed by atoms with E-state index < -0.39 is 40.8 Å². The third-order valence-electron chi connectivity index (χ3n) is 5.58. The number of nitrogens with zero attached hydrogens (tertiary/aromatic N) is 3. The topological polar surface area (TPSA) is 59.3 Å². The van der Waals surface area contributed by atoms with Crippen LogP contribution in [0, 0.1) is 17.5 Å². The number of carbonyl (C=O) groups excluding carboxylic acids is 1. The summed E-state index contributed by atoms with van der Waals surface area (Å²) in [6.45, 7) is 0. The molecule has 11 heteroatoms. The average molecular weight is 512 g/mol. The minimum absolute atomic E-state index is 0.0606. The van der Waals surface area contributed by atoms with Gasteiger partial charge in [0.2, 0.25) is 0 Å². The number of carbonyl (C=O) groups is 1. The van der Waals surface area contributed by atoms with E-state index in [1.54, 1.807) is 12.1 Å². The number of pyridine rings is 2. The third-order valence-corrected chi connectivity index (χ3v) is 5.58. The highest BCUT2D eigenvalue weighted by atomic mass is 19.4. The van der Waals surface area contributed by atoms with Gasteiger partial charge in [0, 0.05) is 34.8 Å². The first-order valence-corrected chi connectivity index (χ1v) is 10.7. The largest absolute Gasteiger partial charge is 0.434 e. The van der Waals surface area contributed by atoms with Crippen molar-refractivity contribution in [3.63, 3.8) is 0 Å². The van der Waals surface area contributed by atoms with Gasteiger partial charge in [-0.15, -0.1) is 0 Å². The fourth-order valence-corrected chi connectivity index (χ4v) is 3.88. The molecular formula is C26H14F6N4O. The van der Waals surface area contributed by atoms with Crippen molar-refractivity contribution in [2.75, 3.05) is 5.32 Å². The van der Waals surface area contributed by atoms with E-state index in [0.29, 0.717) is 5.56 Å². The molecule has 0 bridgehead atoms. The first kappa shape index (κ1) is 24.0. The van der Waals surface area contributed by atoms with Crippen LogP contribution in [0.3, 0.4) is 0 Å². The van der Waals surface area contributed by atoms with E-state index in [1.165, 1.54) is 41.1 Å². The van der Waals surface area contributed by atoms with Gasteiger partial charge in [-0.05, 0) is 54.6 Å². The molecule has 0 saturated carbocycles. The van der Waals surface area contributed by atoms with Crippen LogP contribution in [0.5, 0.6) is 0 Å². The highest BCUT2D eigenvalue weighted by molar-refractivity contribution is 6.06. The van der Waals surface area contributed by atoms with Crippen molar-refractivity contribution < 1.29 is 31.1 Å². The van der Waals surface area contributed by atoms with Gasteiger partial charge in [0.15, 0.2) is 17.3 Å². The summed E-state index contributed by atoms with van der Waals surface area (Å²) in [6, 6.07) is 12.3. The summed E-state index contributed by atoms with van der Waals surface area (Å²) in [5, 5.41) is 2.31. The molecule has 5 aromatic rings. The monoisotopic (exact) mass is 512 g/mol. The Labute approximate surface area is 205 Å². The summed E-state index contributed by atoms with van der Waals surface area (Å²) in [7, 11) is 0. The van der Waals surface area contributed by atoms with Crippen LogP contribution >= 0.6 is 0 Å². The summed E-state index contributed by atoms with van der Waals surface area (Å²) >= 11 is 0. The van der Waals surface area contributed by atoms with Gasteiger partial charge in [0.05, 0.1) is 17.5 Å². The molecule has 2 aromatic carbocycles. The predicted octanol–water partition coefficient (Wildman–Crippen LogP) is 6.75. The van der Waals surface area contributed by atoms with Gasteiger partial charge in [-0.2, -0.15) is 13.2 Å². The fourth-order valence-electron chi connectivity index (χ4n) is 3.88. The minimum atomic E-state index is -4.94. The van der Waals surface area contributed by atoms with Crippen LogP contribution in [0.1, 0.15) is 16.1 Å². The van der Waals surface area contributed by atoms with Gasteiger partial charge < -0.3 is 5.32 Å². The van der Waals surface area contributed by atoms with E-state index >= 15 is 0 Å². The van der Waals surface area contributed by atoms with Crippen LogP contribution in [0.4, 0.5) is 32.0 Å². The second kappa shape index (κ2) is 9.08. The summed E-state index contributed by atoms with van der Waals surface area (Å²) in [4.78, 5) is 20.6. The normalized spacial score (nSPS) is 11.6. The van der Waals surface area contributed by atoms with Crippen LogP contribution in [0.2, 0.25) is 0 Å². The summed E-state index contributed by atoms with van der Waals surface area (Å²) in [5.74, 6) is -3.81. The SMILES string of the molecule is O=C(Nc1ccc(F)cc1)c1cc(-c2cccn3c(-c4cccc(F)c4F)cnc23)cnc1C(F)(F)F. The number of benzene rings is 2. The van der Waals surface area contributed by atoms with Crippen molar-refractivity contribution in [2.45, 2.75) is 6.18 Å². The van der Waals surface area contributed by atoms with E-state index in [4.69, 9.17) is 0 Å². The second-order valence-electron chi connectivity index (χ2n) is 7.94. The molecule has 186 valence electrons. The highest BCUT2D eigenvalue weighted by Crippen LogP contribution is 2.35. The Kier molecular flexibility index (Phi) is 5.90. The number of rotatable bonds is 4. The van der Waals surface area contributed by atoms with Crippen molar-refractivity contribution in [3.8, 4) is 22.4 Å². The van der Waals surface area contributed by atoms with Gasteiger partial charge in [-0.25, -0.2) is 18.2 Å². The molecule has 0 radical (unpaired) electrons. The molecule has 0 aliphatic carbocycles. The number of fused-ring (bicyclic) bond motifs is 1. The molecular weight excluding hydrogens is 498 g/mol. The second-order valence-corrected chi connectivity index (χ2v) is 7.94. The Hall–Kier alpha value is -4.67. The standard InChI is InChI=1S/C26H14F6N4O/c27-15-6-8-16(9-7-15)35-25(37)19-11-14(12-33-23(19)26(30,31)32)17-4-2-10-36-21(13-34-24(17)36)18-3-1-5-20(28)22(18)29/h1-13H,(H,35,37). The molecule has 1 amide bonds. The zero-order chi connectivity index (χ0) is 26.3. The summed E-state index contributed by atoms with van der Waals surface area (Å²) in [5.41, 5.74) is -1.30. The summed E-state index contributed by atoms with van der Waals surface area (Å²) in [6.07, 6.45) is -1.15. The molecule has 0 aliphatic heterocycles. The number of hydrogen-bond acceptors (Lipinski definition) is 3. The maximum absolute atomic E-state index is 14.4. The number of amides is 1. The Bertz CT molecular complexity index is 1640. The predicted molar refractivity (Wildman–Crippen MR) is 123 cm³/mol. The number of halogens is 6. The Balaban J connectivity index is 1.61. The number of nitrogens with one attached hydrogen (secondary N) is 1. The van der Waals surface area contributed by atoms with Gasteiger partial charge in [0.1, 0.15) is 11.5 Å². The zero-order valence-corrected chi connectivity index (χ0v) is 18.5. The Morgan fingerprint density at radius 3 is 2.32 bits per heavy atom. The van der Waals surface area contributed by atoms with E-state index in [0.717, 1.165) is 30.5 Å². The maximum atomic E-state index is 14.4. The van der Waals surface area contributed by atoms with Crippen molar-refractivity contribution >= 4 is 17.2 Å². The van der Waals surface area contributed by atoms with Crippen LogP contribution in [-0.2, 0) is 6.18 Å². The minimum Gasteiger partial charge on any atom is -0.322 e. The Morgan fingerprint density at radius 1 is 0.865 bits per heavy atom. The molecule has 3 heterocycles. The van der Waals surface area contributed by atoms with E-state index in [-0.39, 0.29) is 28.2 Å². The molecule has 0 spiro atoms. The molecule has 0 saturated heterocycles. The van der Waals surface area contributed by atoms with Crippen LogP contribution < -0.4 is 5.32 Å². The number of alkyl halides is 3. The van der Waals surface area contributed by atoms with Crippen molar-refractivity contribution in [1.29, 1.82) is 0 Å². The maximum Gasteiger partial charge on any atom is 0.434 e. The zero-order valence-electron chi connectivity index (χ0n) is 18.5. The molecule has 0 atom stereocenters. The quantitative estimate of drug-likeness (QED) is 0.271. The number of anilines is 1. The Morgan fingerprint density at radius 2 is 1.59 bits per heavy atom.